The van der Waals surface area contributed by atoms with E-state index in [1.54, 1.807) is 0 Å². The molecule has 1 heterocycles. The van der Waals surface area contributed by atoms with Crippen LogP contribution in [0.4, 0.5) is 0 Å². The van der Waals surface area contributed by atoms with Crippen molar-refractivity contribution in [3.63, 3.8) is 0 Å². The molecule has 0 aliphatic carbocycles. The number of unbranched alkanes of at least 4 members (excludes halogenated alkanes) is 13. The standard InChI is InChI=1S/C24H48N2/c1-4-7-9-11-13-15-17-19-21-26-23-22-25(24(26)6-3)20-18-16-14-12-10-8-5-2/h22-24H,4-21H2,1-3H3. The fourth-order valence-corrected chi connectivity index (χ4v) is 4.16. The van der Waals surface area contributed by atoms with Crippen LogP contribution >= 0.6 is 0 Å². The van der Waals surface area contributed by atoms with E-state index in [4.69, 9.17) is 0 Å². The molecule has 0 aromatic rings. The quantitative estimate of drug-likeness (QED) is 0.230. The summed E-state index contributed by atoms with van der Waals surface area (Å²) in [5, 5.41) is 0. The van der Waals surface area contributed by atoms with Crippen LogP contribution in [0.15, 0.2) is 12.4 Å². The molecule has 1 unspecified atom stereocenters. The van der Waals surface area contributed by atoms with E-state index in [2.05, 4.69) is 43.0 Å². The van der Waals surface area contributed by atoms with Crippen LogP contribution in [0.25, 0.3) is 0 Å². The molecule has 0 amide bonds. The van der Waals surface area contributed by atoms with Gasteiger partial charge in [0, 0.05) is 25.5 Å². The van der Waals surface area contributed by atoms with Crippen LogP contribution in [0.1, 0.15) is 124 Å². The van der Waals surface area contributed by atoms with Gasteiger partial charge in [0.25, 0.3) is 0 Å². The van der Waals surface area contributed by atoms with Gasteiger partial charge < -0.3 is 9.80 Å². The molecular weight excluding hydrogens is 316 g/mol. The smallest absolute Gasteiger partial charge is 0.100 e. The SMILES string of the molecule is CCCCCCCCCCN1C=CN(CCCCCCCCC)C1CC. The van der Waals surface area contributed by atoms with Gasteiger partial charge >= 0.3 is 0 Å². The lowest BCUT2D eigenvalue weighted by Gasteiger charge is -2.32. The zero-order chi connectivity index (χ0) is 18.9. The van der Waals surface area contributed by atoms with Gasteiger partial charge in [0.05, 0.1) is 0 Å². The molecule has 0 N–H and O–H groups in total. The largest absolute Gasteiger partial charge is 0.356 e. The highest BCUT2D eigenvalue weighted by Crippen LogP contribution is 2.21. The van der Waals surface area contributed by atoms with Crippen molar-refractivity contribution in [3.05, 3.63) is 12.4 Å². The Bertz CT molecular complexity index is 326. The molecule has 0 spiro atoms. The Hall–Kier alpha value is -0.660. The summed E-state index contributed by atoms with van der Waals surface area (Å²) >= 11 is 0. The van der Waals surface area contributed by atoms with Gasteiger partial charge in [-0.2, -0.15) is 0 Å². The maximum absolute atomic E-state index is 2.60. The van der Waals surface area contributed by atoms with Gasteiger partial charge in [0.2, 0.25) is 0 Å². The third kappa shape index (κ3) is 10.5. The monoisotopic (exact) mass is 364 g/mol. The summed E-state index contributed by atoms with van der Waals surface area (Å²) in [5.41, 5.74) is 0. The summed E-state index contributed by atoms with van der Waals surface area (Å²) in [6.45, 7) is 9.43. The van der Waals surface area contributed by atoms with Gasteiger partial charge in [-0.25, -0.2) is 0 Å². The first-order valence-corrected chi connectivity index (χ1v) is 12.0. The normalized spacial score (nSPS) is 16.8. The van der Waals surface area contributed by atoms with Crippen molar-refractivity contribution in [1.29, 1.82) is 0 Å². The minimum atomic E-state index is 0.625. The van der Waals surface area contributed by atoms with Crippen molar-refractivity contribution >= 4 is 0 Å². The van der Waals surface area contributed by atoms with Crippen LogP contribution in [0.5, 0.6) is 0 Å². The first-order chi connectivity index (χ1) is 12.8. The van der Waals surface area contributed by atoms with Crippen LogP contribution < -0.4 is 0 Å². The molecule has 0 radical (unpaired) electrons. The molecule has 0 bridgehead atoms. The van der Waals surface area contributed by atoms with Crippen molar-refractivity contribution in [2.45, 2.75) is 130 Å². The Morgan fingerprint density at radius 2 is 0.846 bits per heavy atom. The van der Waals surface area contributed by atoms with E-state index in [0.29, 0.717) is 6.17 Å². The predicted molar refractivity (Wildman–Crippen MR) is 117 cm³/mol. The van der Waals surface area contributed by atoms with Gasteiger partial charge in [-0.3, -0.25) is 0 Å². The maximum Gasteiger partial charge on any atom is 0.100 e. The molecule has 26 heavy (non-hydrogen) atoms. The topological polar surface area (TPSA) is 6.48 Å². The van der Waals surface area contributed by atoms with E-state index in [1.807, 2.05) is 0 Å². The lowest BCUT2D eigenvalue weighted by molar-refractivity contribution is 0.144. The van der Waals surface area contributed by atoms with E-state index in [-0.39, 0.29) is 0 Å². The summed E-state index contributed by atoms with van der Waals surface area (Å²) in [6.07, 6.45) is 27.7. The van der Waals surface area contributed by atoms with Crippen LogP contribution in [0, 0.1) is 0 Å². The zero-order valence-corrected chi connectivity index (χ0v) is 18.4. The highest BCUT2D eigenvalue weighted by atomic mass is 15.4. The molecule has 154 valence electrons. The molecule has 2 heteroatoms. The van der Waals surface area contributed by atoms with Gasteiger partial charge in [-0.05, 0) is 19.3 Å². The number of hydrogen-bond donors (Lipinski definition) is 0. The fraction of sp³-hybridized carbons (Fsp3) is 0.917. The number of hydrogen-bond acceptors (Lipinski definition) is 2. The fourth-order valence-electron chi connectivity index (χ4n) is 4.16. The lowest BCUT2D eigenvalue weighted by atomic mass is 10.1. The molecule has 2 nitrogen and oxygen atoms in total. The summed E-state index contributed by atoms with van der Waals surface area (Å²) in [5.74, 6) is 0. The molecule has 1 rings (SSSR count). The van der Waals surface area contributed by atoms with Crippen molar-refractivity contribution in [2.24, 2.45) is 0 Å². The second-order valence-corrected chi connectivity index (χ2v) is 8.26. The van der Waals surface area contributed by atoms with Crippen LogP contribution in [0.3, 0.4) is 0 Å². The molecule has 1 aliphatic heterocycles. The first kappa shape index (κ1) is 23.4. The molecule has 0 saturated carbocycles. The Balaban J connectivity index is 2.05. The molecular formula is C24H48N2. The van der Waals surface area contributed by atoms with E-state index >= 15 is 0 Å². The average molecular weight is 365 g/mol. The van der Waals surface area contributed by atoms with Gasteiger partial charge in [-0.15, -0.1) is 0 Å². The van der Waals surface area contributed by atoms with Crippen LogP contribution in [-0.4, -0.2) is 29.1 Å². The molecule has 0 fully saturated rings. The molecule has 0 aromatic heterocycles. The van der Waals surface area contributed by atoms with Crippen molar-refractivity contribution in [1.82, 2.24) is 9.80 Å². The van der Waals surface area contributed by atoms with E-state index < -0.39 is 0 Å². The summed E-state index contributed by atoms with van der Waals surface area (Å²) in [4.78, 5) is 5.19. The highest BCUT2D eigenvalue weighted by Gasteiger charge is 2.23. The van der Waals surface area contributed by atoms with Crippen molar-refractivity contribution in [3.8, 4) is 0 Å². The third-order valence-electron chi connectivity index (χ3n) is 5.87. The molecule has 0 aromatic carbocycles. The van der Waals surface area contributed by atoms with Crippen molar-refractivity contribution in [2.75, 3.05) is 13.1 Å². The van der Waals surface area contributed by atoms with Gasteiger partial charge in [-0.1, -0.05) is 104 Å². The zero-order valence-electron chi connectivity index (χ0n) is 18.4. The average Bonchev–Trinajstić information content (AvgIpc) is 3.05. The molecule has 0 saturated heterocycles. The Morgan fingerprint density at radius 3 is 1.19 bits per heavy atom. The number of nitrogens with zero attached hydrogens (tertiary/aromatic N) is 2. The van der Waals surface area contributed by atoms with Gasteiger partial charge in [0.1, 0.15) is 6.17 Å². The summed E-state index contributed by atoms with van der Waals surface area (Å²) in [7, 11) is 0. The van der Waals surface area contributed by atoms with Crippen molar-refractivity contribution < 1.29 is 0 Å². The summed E-state index contributed by atoms with van der Waals surface area (Å²) < 4.78 is 0. The third-order valence-corrected chi connectivity index (χ3v) is 5.87. The minimum Gasteiger partial charge on any atom is -0.356 e. The molecule has 1 atom stereocenters. The lowest BCUT2D eigenvalue weighted by Crippen LogP contribution is -2.38. The maximum atomic E-state index is 2.60. The Kier molecular flexibility index (Phi) is 14.8. The van der Waals surface area contributed by atoms with Crippen LogP contribution in [0.2, 0.25) is 0 Å². The molecule has 1 aliphatic rings. The highest BCUT2D eigenvalue weighted by molar-refractivity contribution is 4.96. The second kappa shape index (κ2) is 16.5. The first-order valence-electron chi connectivity index (χ1n) is 12.0. The predicted octanol–water partition coefficient (Wildman–Crippen LogP) is 7.70. The van der Waals surface area contributed by atoms with E-state index in [0.717, 1.165) is 0 Å². The van der Waals surface area contributed by atoms with E-state index in [1.165, 1.54) is 116 Å². The summed E-state index contributed by atoms with van der Waals surface area (Å²) in [6, 6.07) is 0. The number of rotatable bonds is 18. The van der Waals surface area contributed by atoms with Gasteiger partial charge in [0.15, 0.2) is 0 Å². The van der Waals surface area contributed by atoms with E-state index in [9.17, 15) is 0 Å². The minimum absolute atomic E-state index is 0.625. The second-order valence-electron chi connectivity index (χ2n) is 8.26. The van der Waals surface area contributed by atoms with Crippen LogP contribution in [-0.2, 0) is 0 Å². The Morgan fingerprint density at radius 1 is 0.500 bits per heavy atom. The Labute approximate surface area is 165 Å².